The lowest BCUT2D eigenvalue weighted by Gasteiger charge is -2.17. The molecule has 1 aromatic rings. The van der Waals surface area contributed by atoms with Gasteiger partial charge in [0.05, 0.1) is 0 Å². The quantitative estimate of drug-likeness (QED) is 0.678. The summed E-state index contributed by atoms with van der Waals surface area (Å²) < 4.78 is 0. The Balaban J connectivity index is 2.64. The third-order valence-electron chi connectivity index (χ3n) is 2.94. The monoisotopic (exact) mass is 264 g/mol. The van der Waals surface area contributed by atoms with Gasteiger partial charge in [-0.1, -0.05) is 37.3 Å². The smallest absolute Gasteiger partial charge is 0.326 e. The summed E-state index contributed by atoms with van der Waals surface area (Å²) in [6.07, 6.45) is 0.820. The van der Waals surface area contributed by atoms with Crippen LogP contribution in [-0.4, -0.2) is 29.6 Å². The Morgan fingerprint density at radius 2 is 1.95 bits per heavy atom. The maximum Gasteiger partial charge on any atom is 0.326 e. The van der Waals surface area contributed by atoms with E-state index < -0.39 is 12.0 Å². The van der Waals surface area contributed by atoms with E-state index in [-0.39, 0.29) is 18.2 Å². The standard InChI is InChI=1S/C14H20N2O3/c1-10(7-8-15)13(17)16-12(14(18)19)9-11-5-3-2-4-6-11/h2-6,10,12H,7-9,15H2,1H3,(H,16,17)(H,18,19)/t10?,12-/m1/s1. The van der Waals surface area contributed by atoms with Crippen LogP contribution in [0.1, 0.15) is 18.9 Å². The van der Waals surface area contributed by atoms with E-state index in [2.05, 4.69) is 5.32 Å². The zero-order chi connectivity index (χ0) is 14.3. The fourth-order valence-electron chi connectivity index (χ4n) is 1.74. The highest BCUT2D eigenvalue weighted by Gasteiger charge is 2.22. The van der Waals surface area contributed by atoms with Crippen LogP contribution < -0.4 is 11.1 Å². The van der Waals surface area contributed by atoms with E-state index in [1.807, 2.05) is 30.3 Å². The summed E-state index contributed by atoms with van der Waals surface area (Å²) in [6.45, 7) is 2.15. The van der Waals surface area contributed by atoms with Crippen LogP contribution in [0.25, 0.3) is 0 Å². The molecular weight excluding hydrogens is 244 g/mol. The Morgan fingerprint density at radius 1 is 1.32 bits per heavy atom. The van der Waals surface area contributed by atoms with Crippen LogP contribution in [0.4, 0.5) is 0 Å². The van der Waals surface area contributed by atoms with Crippen LogP contribution >= 0.6 is 0 Å². The summed E-state index contributed by atoms with van der Waals surface area (Å²) in [6, 6.07) is 8.31. The van der Waals surface area contributed by atoms with Crippen molar-refractivity contribution in [3.05, 3.63) is 35.9 Å². The number of carboxylic acids is 1. The molecule has 1 unspecified atom stereocenters. The highest BCUT2D eigenvalue weighted by Crippen LogP contribution is 2.06. The molecule has 104 valence electrons. The van der Waals surface area contributed by atoms with Gasteiger partial charge in [0.25, 0.3) is 0 Å². The number of amides is 1. The maximum absolute atomic E-state index is 11.8. The largest absolute Gasteiger partial charge is 0.480 e. The molecule has 5 nitrogen and oxygen atoms in total. The molecule has 0 spiro atoms. The molecule has 0 saturated heterocycles. The second-order valence-electron chi connectivity index (χ2n) is 4.57. The van der Waals surface area contributed by atoms with Gasteiger partial charge in [-0.3, -0.25) is 4.79 Å². The van der Waals surface area contributed by atoms with Crippen molar-refractivity contribution in [3.8, 4) is 0 Å². The lowest BCUT2D eigenvalue weighted by Crippen LogP contribution is -2.44. The summed E-state index contributed by atoms with van der Waals surface area (Å²) in [4.78, 5) is 23.0. The van der Waals surface area contributed by atoms with Gasteiger partial charge in [0.15, 0.2) is 0 Å². The molecule has 1 rings (SSSR count). The maximum atomic E-state index is 11.8. The summed E-state index contributed by atoms with van der Waals surface area (Å²) in [5, 5.41) is 11.7. The second kappa shape index (κ2) is 7.53. The van der Waals surface area contributed by atoms with Gasteiger partial charge in [0.1, 0.15) is 6.04 Å². The fourth-order valence-corrected chi connectivity index (χ4v) is 1.74. The molecule has 0 radical (unpaired) electrons. The van der Waals surface area contributed by atoms with Crippen molar-refractivity contribution in [3.63, 3.8) is 0 Å². The highest BCUT2D eigenvalue weighted by atomic mass is 16.4. The average Bonchev–Trinajstić information content (AvgIpc) is 2.39. The van der Waals surface area contributed by atoms with Crippen molar-refractivity contribution in [2.45, 2.75) is 25.8 Å². The summed E-state index contributed by atoms with van der Waals surface area (Å²) >= 11 is 0. The van der Waals surface area contributed by atoms with E-state index >= 15 is 0 Å². The number of carbonyl (C=O) groups excluding carboxylic acids is 1. The number of aliphatic carboxylic acids is 1. The average molecular weight is 264 g/mol. The van der Waals surface area contributed by atoms with Crippen LogP contribution in [0, 0.1) is 5.92 Å². The summed E-state index contributed by atoms with van der Waals surface area (Å²) in [5.41, 5.74) is 6.26. The zero-order valence-corrected chi connectivity index (χ0v) is 11.0. The summed E-state index contributed by atoms with van der Waals surface area (Å²) in [7, 11) is 0. The van der Waals surface area contributed by atoms with Crippen molar-refractivity contribution in [2.24, 2.45) is 11.7 Å². The first-order chi connectivity index (χ1) is 9.04. The predicted octanol–water partition coefficient (Wildman–Crippen LogP) is 0.783. The van der Waals surface area contributed by atoms with Gasteiger partial charge < -0.3 is 16.2 Å². The molecule has 4 N–H and O–H groups in total. The number of nitrogens with two attached hydrogens (primary N) is 1. The molecule has 0 aliphatic heterocycles. The van der Waals surface area contributed by atoms with Crippen LogP contribution in [0.3, 0.4) is 0 Å². The zero-order valence-electron chi connectivity index (χ0n) is 11.0. The van der Waals surface area contributed by atoms with Crippen LogP contribution in [0.2, 0.25) is 0 Å². The van der Waals surface area contributed by atoms with E-state index in [4.69, 9.17) is 10.8 Å². The number of benzene rings is 1. The van der Waals surface area contributed by atoms with Gasteiger partial charge in [-0.25, -0.2) is 4.79 Å². The van der Waals surface area contributed by atoms with Gasteiger partial charge in [-0.2, -0.15) is 0 Å². The van der Waals surface area contributed by atoms with Crippen molar-refractivity contribution >= 4 is 11.9 Å². The Hall–Kier alpha value is -1.88. The molecule has 0 heterocycles. The van der Waals surface area contributed by atoms with E-state index in [1.54, 1.807) is 6.92 Å². The molecule has 0 aliphatic carbocycles. The van der Waals surface area contributed by atoms with Crippen molar-refractivity contribution in [1.29, 1.82) is 0 Å². The van der Waals surface area contributed by atoms with Gasteiger partial charge in [0.2, 0.25) is 5.91 Å². The Labute approximate surface area is 112 Å². The van der Waals surface area contributed by atoms with E-state index in [1.165, 1.54) is 0 Å². The lowest BCUT2D eigenvalue weighted by molar-refractivity contribution is -0.142. The Kier molecular flexibility index (Phi) is 6.02. The molecule has 1 amide bonds. The van der Waals surface area contributed by atoms with Crippen LogP contribution in [0.15, 0.2) is 30.3 Å². The number of hydrogen-bond donors (Lipinski definition) is 3. The predicted molar refractivity (Wildman–Crippen MR) is 72.5 cm³/mol. The molecule has 0 fully saturated rings. The second-order valence-corrected chi connectivity index (χ2v) is 4.57. The van der Waals surface area contributed by atoms with Gasteiger partial charge in [-0.05, 0) is 18.5 Å². The van der Waals surface area contributed by atoms with Gasteiger partial charge in [-0.15, -0.1) is 0 Å². The summed E-state index contributed by atoms with van der Waals surface area (Å²) in [5.74, 6) is -1.58. The van der Waals surface area contributed by atoms with E-state index in [0.717, 1.165) is 5.56 Å². The van der Waals surface area contributed by atoms with Gasteiger partial charge >= 0.3 is 5.97 Å². The first-order valence-corrected chi connectivity index (χ1v) is 6.31. The number of carbonyl (C=O) groups is 2. The number of nitrogens with one attached hydrogen (secondary N) is 1. The molecule has 19 heavy (non-hydrogen) atoms. The molecule has 1 aromatic carbocycles. The number of hydrogen-bond acceptors (Lipinski definition) is 3. The molecule has 2 atom stereocenters. The third-order valence-corrected chi connectivity index (χ3v) is 2.94. The minimum absolute atomic E-state index is 0.270. The van der Waals surface area contributed by atoms with E-state index in [0.29, 0.717) is 13.0 Å². The van der Waals surface area contributed by atoms with Crippen molar-refractivity contribution in [2.75, 3.05) is 6.54 Å². The van der Waals surface area contributed by atoms with Crippen LogP contribution in [0.5, 0.6) is 0 Å². The highest BCUT2D eigenvalue weighted by molar-refractivity contribution is 5.84. The lowest BCUT2D eigenvalue weighted by atomic mass is 10.0. The molecule has 0 saturated carbocycles. The molecule has 0 aromatic heterocycles. The SMILES string of the molecule is CC(CCN)C(=O)N[C@H](Cc1ccccc1)C(=O)O. The van der Waals surface area contributed by atoms with Gasteiger partial charge in [0, 0.05) is 12.3 Å². The van der Waals surface area contributed by atoms with Crippen LogP contribution in [-0.2, 0) is 16.0 Å². The molecule has 5 heteroatoms. The normalized spacial score (nSPS) is 13.6. The minimum Gasteiger partial charge on any atom is -0.480 e. The molecular formula is C14H20N2O3. The first-order valence-electron chi connectivity index (χ1n) is 6.31. The topological polar surface area (TPSA) is 92.4 Å². The Bertz CT molecular complexity index is 420. The Morgan fingerprint density at radius 3 is 2.47 bits per heavy atom. The molecule has 0 aliphatic rings. The molecule has 0 bridgehead atoms. The van der Waals surface area contributed by atoms with Crippen molar-refractivity contribution < 1.29 is 14.7 Å². The van der Waals surface area contributed by atoms with E-state index in [9.17, 15) is 9.59 Å². The number of rotatable bonds is 7. The number of carboxylic acid groups (broad SMARTS) is 1. The van der Waals surface area contributed by atoms with Crippen molar-refractivity contribution in [1.82, 2.24) is 5.32 Å². The first kappa shape index (κ1) is 15.2. The fraction of sp³-hybridized carbons (Fsp3) is 0.429. The minimum atomic E-state index is -1.03. The third kappa shape index (κ3) is 5.09.